The first-order valence-corrected chi connectivity index (χ1v) is 5.53. The van der Waals surface area contributed by atoms with E-state index in [-0.39, 0.29) is 0 Å². The van der Waals surface area contributed by atoms with Crippen LogP contribution >= 0.6 is 0 Å². The highest BCUT2D eigenvalue weighted by atomic mass is 14.9. The fourth-order valence-electron chi connectivity index (χ4n) is 2.23. The third kappa shape index (κ3) is 1.98. The van der Waals surface area contributed by atoms with Crippen molar-refractivity contribution >= 4 is 0 Å². The molecule has 1 saturated heterocycles. The highest BCUT2D eigenvalue weighted by Gasteiger charge is 2.15. The van der Waals surface area contributed by atoms with Crippen molar-refractivity contribution in [1.29, 1.82) is 0 Å². The molecule has 1 aromatic carbocycles. The Morgan fingerprint density at radius 2 is 2.21 bits per heavy atom. The van der Waals surface area contributed by atoms with Crippen molar-refractivity contribution in [1.82, 2.24) is 5.32 Å². The lowest BCUT2D eigenvalue weighted by Crippen LogP contribution is -2.11. The molecule has 0 radical (unpaired) electrons. The van der Waals surface area contributed by atoms with Crippen LogP contribution in [0.1, 0.15) is 23.1 Å². The Labute approximate surface area is 86.5 Å². The van der Waals surface area contributed by atoms with Gasteiger partial charge in [-0.2, -0.15) is 0 Å². The van der Waals surface area contributed by atoms with Crippen molar-refractivity contribution in [2.24, 2.45) is 5.92 Å². The molecule has 1 heteroatoms. The molecule has 1 unspecified atom stereocenters. The predicted molar refractivity (Wildman–Crippen MR) is 60.6 cm³/mol. The Hall–Kier alpha value is -0.820. The normalized spacial score (nSPS) is 21.4. The summed E-state index contributed by atoms with van der Waals surface area (Å²) in [6, 6.07) is 6.66. The van der Waals surface area contributed by atoms with Crippen molar-refractivity contribution in [2.75, 3.05) is 13.1 Å². The smallest absolute Gasteiger partial charge is 0.00169 e. The molecule has 0 saturated carbocycles. The van der Waals surface area contributed by atoms with Crippen LogP contribution in [0.25, 0.3) is 0 Å². The van der Waals surface area contributed by atoms with Crippen LogP contribution in [-0.2, 0) is 6.42 Å². The van der Waals surface area contributed by atoms with Gasteiger partial charge in [-0.15, -0.1) is 0 Å². The Morgan fingerprint density at radius 3 is 2.93 bits per heavy atom. The molecule has 0 spiro atoms. The minimum Gasteiger partial charge on any atom is -0.316 e. The van der Waals surface area contributed by atoms with E-state index in [4.69, 9.17) is 0 Å². The van der Waals surface area contributed by atoms with Gasteiger partial charge in [-0.1, -0.05) is 18.2 Å². The first kappa shape index (κ1) is 9.72. The van der Waals surface area contributed by atoms with E-state index >= 15 is 0 Å². The van der Waals surface area contributed by atoms with E-state index in [1.165, 1.54) is 37.1 Å². The van der Waals surface area contributed by atoms with Crippen LogP contribution in [0.2, 0.25) is 0 Å². The first-order chi connectivity index (χ1) is 6.77. The lowest BCUT2D eigenvalue weighted by molar-refractivity contribution is 0.578. The maximum atomic E-state index is 3.43. The van der Waals surface area contributed by atoms with E-state index in [0.29, 0.717) is 0 Å². The van der Waals surface area contributed by atoms with E-state index < -0.39 is 0 Å². The molecule has 1 aromatic rings. The molecule has 0 bridgehead atoms. The van der Waals surface area contributed by atoms with Crippen molar-refractivity contribution in [3.8, 4) is 0 Å². The van der Waals surface area contributed by atoms with Crippen LogP contribution in [0, 0.1) is 19.8 Å². The third-order valence-corrected chi connectivity index (χ3v) is 3.39. The van der Waals surface area contributed by atoms with Gasteiger partial charge < -0.3 is 5.32 Å². The van der Waals surface area contributed by atoms with Crippen LogP contribution in [0.15, 0.2) is 18.2 Å². The van der Waals surface area contributed by atoms with E-state index in [1.54, 1.807) is 5.56 Å². The second kappa shape index (κ2) is 4.14. The number of hydrogen-bond donors (Lipinski definition) is 1. The highest BCUT2D eigenvalue weighted by Crippen LogP contribution is 2.19. The summed E-state index contributed by atoms with van der Waals surface area (Å²) in [7, 11) is 0. The van der Waals surface area contributed by atoms with Gasteiger partial charge in [-0.3, -0.25) is 0 Å². The third-order valence-electron chi connectivity index (χ3n) is 3.39. The number of aryl methyl sites for hydroxylation is 1. The van der Waals surface area contributed by atoms with Crippen molar-refractivity contribution in [3.05, 3.63) is 34.9 Å². The van der Waals surface area contributed by atoms with Crippen LogP contribution in [0.4, 0.5) is 0 Å². The first-order valence-electron chi connectivity index (χ1n) is 5.53. The van der Waals surface area contributed by atoms with Gasteiger partial charge in [-0.05, 0) is 62.4 Å². The van der Waals surface area contributed by atoms with Crippen LogP contribution in [0.5, 0.6) is 0 Å². The molecule has 1 fully saturated rings. The highest BCUT2D eigenvalue weighted by molar-refractivity contribution is 5.33. The lowest BCUT2D eigenvalue weighted by atomic mass is 9.93. The summed E-state index contributed by atoms with van der Waals surface area (Å²) in [6.07, 6.45) is 2.59. The summed E-state index contributed by atoms with van der Waals surface area (Å²) in [6.45, 7) is 6.85. The van der Waals surface area contributed by atoms with Gasteiger partial charge in [0, 0.05) is 0 Å². The van der Waals surface area contributed by atoms with E-state index in [2.05, 4.69) is 37.4 Å². The molecule has 2 rings (SSSR count). The molecular formula is C13H19N. The zero-order valence-electron chi connectivity index (χ0n) is 9.14. The van der Waals surface area contributed by atoms with Crippen LogP contribution in [-0.4, -0.2) is 13.1 Å². The molecule has 76 valence electrons. The molecule has 0 aliphatic carbocycles. The molecule has 0 aromatic heterocycles. The van der Waals surface area contributed by atoms with Gasteiger partial charge in [0.15, 0.2) is 0 Å². The van der Waals surface area contributed by atoms with E-state index in [1.807, 2.05) is 0 Å². The average molecular weight is 189 g/mol. The van der Waals surface area contributed by atoms with Gasteiger partial charge in [0.25, 0.3) is 0 Å². The maximum absolute atomic E-state index is 3.43. The summed E-state index contributed by atoms with van der Waals surface area (Å²) >= 11 is 0. The molecule has 1 atom stereocenters. The van der Waals surface area contributed by atoms with Crippen molar-refractivity contribution < 1.29 is 0 Å². The monoisotopic (exact) mass is 189 g/mol. The van der Waals surface area contributed by atoms with E-state index in [0.717, 1.165) is 5.92 Å². The minimum absolute atomic E-state index is 0.857. The Morgan fingerprint density at radius 1 is 1.36 bits per heavy atom. The predicted octanol–water partition coefficient (Wildman–Crippen LogP) is 2.46. The maximum Gasteiger partial charge on any atom is -0.00169 e. The summed E-state index contributed by atoms with van der Waals surface area (Å²) < 4.78 is 0. The van der Waals surface area contributed by atoms with Gasteiger partial charge in [0.05, 0.1) is 0 Å². The molecule has 1 aliphatic heterocycles. The molecule has 1 heterocycles. The number of rotatable bonds is 2. The molecule has 1 N–H and O–H groups in total. The largest absolute Gasteiger partial charge is 0.316 e. The van der Waals surface area contributed by atoms with Gasteiger partial charge in [0.1, 0.15) is 0 Å². The van der Waals surface area contributed by atoms with E-state index in [9.17, 15) is 0 Å². The molecule has 0 amide bonds. The zero-order chi connectivity index (χ0) is 9.97. The zero-order valence-corrected chi connectivity index (χ0v) is 9.14. The molecule has 14 heavy (non-hydrogen) atoms. The Bertz CT molecular complexity index is 311. The fourth-order valence-corrected chi connectivity index (χ4v) is 2.23. The minimum atomic E-state index is 0.857. The van der Waals surface area contributed by atoms with Gasteiger partial charge in [0.2, 0.25) is 0 Å². The molecule has 1 aliphatic rings. The summed E-state index contributed by atoms with van der Waals surface area (Å²) in [5, 5.41) is 3.43. The molecule has 1 nitrogen and oxygen atoms in total. The van der Waals surface area contributed by atoms with Crippen molar-refractivity contribution in [2.45, 2.75) is 26.7 Å². The summed E-state index contributed by atoms with van der Waals surface area (Å²) in [4.78, 5) is 0. The Balaban J connectivity index is 2.11. The summed E-state index contributed by atoms with van der Waals surface area (Å²) in [5.41, 5.74) is 4.45. The number of nitrogens with one attached hydrogen (secondary N) is 1. The topological polar surface area (TPSA) is 12.0 Å². The quantitative estimate of drug-likeness (QED) is 0.753. The Kier molecular flexibility index (Phi) is 2.87. The van der Waals surface area contributed by atoms with Crippen LogP contribution < -0.4 is 5.32 Å². The lowest BCUT2D eigenvalue weighted by Gasteiger charge is -2.12. The van der Waals surface area contributed by atoms with Crippen molar-refractivity contribution in [3.63, 3.8) is 0 Å². The van der Waals surface area contributed by atoms with Crippen LogP contribution in [0.3, 0.4) is 0 Å². The number of hydrogen-bond acceptors (Lipinski definition) is 1. The number of benzene rings is 1. The van der Waals surface area contributed by atoms with Gasteiger partial charge >= 0.3 is 0 Å². The molecular weight excluding hydrogens is 170 g/mol. The fraction of sp³-hybridized carbons (Fsp3) is 0.538. The van der Waals surface area contributed by atoms with Gasteiger partial charge in [-0.25, -0.2) is 0 Å². The standard InChI is InChI=1S/C13H19N/c1-10-4-3-5-13(11(10)2)8-12-6-7-14-9-12/h3-5,12,14H,6-9H2,1-2H3. The summed E-state index contributed by atoms with van der Waals surface area (Å²) in [5.74, 6) is 0.857. The second-order valence-electron chi connectivity index (χ2n) is 4.42. The average Bonchev–Trinajstić information content (AvgIpc) is 2.66. The second-order valence-corrected chi connectivity index (χ2v) is 4.42. The SMILES string of the molecule is Cc1cccc(CC2CCNC2)c1C.